The van der Waals surface area contributed by atoms with Gasteiger partial charge in [-0.1, -0.05) is 15.9 Å². The molecule has 0 spiro atoms. The molecule has 16 heavy (non-hydrogen) atoms. The molecule has 0 aliphatic heterocycles. The van der Waals surface area contributed by atoms with Gasteiger partial charge in [-0.05, 0) is 43.7 Å². The van der Waals surface area contributed by atoms with Crippen LogP contribution in [0.4, 0.5) is 0 Å². The minimum Gasteiger partial charge on any atom is -0.496 e. The molecule has 0 radical (unpaired) electrons. The van der Waals surface area contributed by atoms with Gasteiger partial charge >= 0.3 is 0 Å². The van der Waals surface area contributed by atoms with Gasteiger partial charge in [0.2, 0.25) is 0 Å². The summed E-state index contributed by atoms with van der Waals surface area (Å²) in [6, 6.07) is 5.77. The summed E-state index contributed by atoms with van der Waals surface area (Å²) in [5, 5.41) is 10.1. The Balaban J connectivity index is 2.90. The summed E-state index contributed by atoms with van der Waals surface area (Å²) >= 11 is 3.41. The molecule has 3 nitrogen and oxygen atoms in total. The molecule has 1 aromatic rings. The molecule has 0 saturated carbocycles. The van der Waals surface area contributed by atoms with E-state index in [1.165, 1.54) is 0 Å². The van der Waals surface area contributed by atoms with Gasteiger partial charge in [0.15, 0.2) is 0 Å². The largest absolute Gasteiger partial charge is 0.496 e. The van der Waals surface area contributed by atoms with Crippen molar-refractivity contribution < 1.29 is 9.84 Å². The predicted molar refractivity (Wildman–Crippen MR) is 68.7 cm³/mol. The van der Waals surface area contributed by atoms with Gasteiger partial charge in [0.25, 0.3) is 0 Å². The fourth-order valence-corrected chi connectivity index (χ4v) is 2.10. The van der Waals surface area contributed by atoms with Crippen molar-refractivity contribution in [3.63, 3.8) is 0 Å². The van der Waals surface area contributed by atoms with Crippen molar-refractivity contribution in [3.8, 4) is 5.75 Å². The van der Waals surface area contributed by atoms with E-state index in [9.17, 15) is 5.11 Å². The van der Waals surface area contributed by atoms with Crippen molar-refractivity contribution in [2.24, 2.45) is 5.73 Å². The molecule has 0 aliphatic rings. The molecule has 0 heterocycles. The van der Waals surface area contributed by atoms with Gasteiger partial charge in [-0.2, -0.15) is 0 Å². The maximum absolute atomic E-state index is 10.1. The molecule has 3 N–H and O–H groups in total. The molecule has 0 aliphatic carbocycles. The molecule has 1 rings (SSSR count). The van der Waals surface area contributed by atoms with Crippen molar-refractivity contribution in [3.05, 3.63) is 28.2 Å². The SMILES string of the molecule is COc1ccc(Br)cc1CC(C)(O)CCN. The second-order valence-corrected chi connectivity index (χ2v) is 5.08. The van der Waals surface area contributed by atoms with Gasteiger partial charge in [0.1, 0.15) is 5.75 Å². The van der Waals surface area contributed by atoms with E-state index in [0.717, 1.165) is 15.8 Å². The second kappa shape index (κ2) is 5.66. The Morgan fingerprint density at radius 1 is 1.50 bits per heavy atom. The first-order valence-corrected chi connectivity index (χ1v) is 6.02. The first-order chi connectivity index (χ1) is 7.48. The first kappa shape index (κ1) is 13.5. The van der Waals surface area contributed by atoms with Crippen LogP contribution in [0.3, 0.4) is 0 Å². The molecular formula is C12H18BrNO2. The molecule has 90 valence electrons. The number of rotatable bonds is 5. The summed E-state index contributed by atoms with van der Waals surface area (Å²) in [5.41, 5.74) is 5.66. The third-order valence-electron chi connectivity index (χ3n) is 2.50. The summed E-state index contributed by atoms with van der Waals surface area (Å²) in [4.78, 5) is 0. The highest BCUT2D eigenvalue weighted by Crippen LogP contribution is 2.27. The Bertz CT molecular complexity index is 353. The number of ether oxygens (including phenoxy) is 1. The lowest BCUT2D eigenvalue weighted by Gasteiger charge is -2.23. The first-order valence-electron chi connectivity index (χ1n) is 5.23. The highest BCUT2D eigenvalue weighted by molar-refractivity contribution is 9.10. The number of hydrogen-bond acceptors (Lipinski definition) is 3. The lowest BCUT2D eigenvalue weighted by atomic mass is 9.93. The monoisotopic (exact) mass is 287 g/mol. The number of aliphatic hydroxyl groups is 1. The fourth-order valence-electron chi connectivity index (χ4n) is 1.69. The molecule has 1 aromatic carbocycles. The molecular weight excluding hydrogens is 270 g/mol. The van der Waals surface area contributed by atoms with Crippen LogP contribution in [0.1, 0.15) is 18.9 Å². The van der Waals surface area contributed by atoms with Crippen molar-refractivity contribution in [1.29, 1.82) is 0 Å². The van der Waals surface area contributed by atoms with Crippen LogP contribution in [-0.4, -0.2) is 24.4 Å². The van der Waals surface area contributed by atoms with Crippen molar-refractivity contribution in [2.75, 3.05) is 13.7 Å². The minimum atomic E-state index is -0.789. The maximum atomic E-state index is 10.1. The van der Waals surface area contributed by atoms with Crippen molar-refractivity contribution in [2.45, 2.75) is 25.4 Å². The van der Waals surface area contributed by atoms with E-state index in [-0.39, 0.29) is 0 Å². The van der Waals surface area contributed by atoms with E-state index < -0.39 is 5.60 Å². The van der Waals surface area contributed by atoms with E-state index in [4.69, 9.17) is 10.5 Å². The zero-order chi connectivity index (χ0) is 12.2. The zero-order valence-corrected chi connectivity index (χ0v) is 11.3. The van der Waals surface area contributed by atoms with Crippen molar-refractivity contribution in [1.82, 2.24) is 0 Å². The van der Waals surface area contributed by atoms with Gasteiger partial charge in [-0.15, -0.1) is 0 Å². The van der Waals surface area contributed by atoms with Crippen LogP contribution < -0.4 is 10.5 Å². The van der Waals surface area contributed by atoms with Crippen LogP contribution >= 0.6 is 15.9 Å². The molecule has 0 bridgehead atoms. The normalized spacial score (nSPS) is 14.6. The van der Waals surface area contributed by atoms with E-state index in [2.05, 4.69) is 15.9 Å². The Kier molecular flexibility index (Phi) is 4.77. The average Bonchev–Trinajstić information content (AvgIpc) is 2.17. The molecule has 4 heteroatoms. The lowest BCUT2D eigenvalue weighted by molar-refractivity contribution is 0.0532. The standard InChI is InChI=1S/C12H18BrNO2/c1-12(15,5-6-14)8-9-7-10(13)3-4-11(9)16-2/h3-4,7,15H,5-6,8,14H2,1-2H3. The molecule has 1 unspecified atom stereocenters. The molecule has 0 saturated heterocycles. The van der Waals surface area contributed by atoms with Crippen molar-refractivity contribution >= 4 is 15.9 Å². The topological polar surface area (TPSA) is 55.5 Å². The number of methoxy groups -OCH3 is 1. The number of halogens is 1. The quantitative estimate of drug-likeness (QED) is 0.872. The Hall–Kier alpha value is -0.580. The Labute approximate surface area is 105 Å². The van der Waals surface area contributed by atoms with Crippen LogP contribution in [0.2, 0.25) is 0 Å². The Morgan fingerprint density at radius 3 is 2.75 bits per heavy atom. The van der Waals surface area contributed by atoms with Gasteiger partial charge in [-0.3, -0.25) is 0 Å². The maximum Gasteiger partial charge on any atom is 0.122 e. The number of hydrogen-bond donors (Lipinski definition) is 2. The van der Waals surface area contributed by atoms with Gasteiger partial charge < -0.3 is 15.6 Å². The van der Waals surface area contributed by atoms with Gasteiger partial charge in [0, 0.05) is 10.9 Å². The fraction of sp³-hybridized carbons (Fsp3) is 0.500. The van der Waals surface area contributed by atoms with Crippen LogP contribution in [0.25, 0.3) is 0 Å². The predicted octanol–water partition coefficient (Wildman–Crippen LogP) is 2.10. The van der Waals surface area contributed by atoms with Gasteiger partial charge in [0.05, 0.1) is 12.7 Å². The summed E-state index contributed by atoms with van der Waals surface area (Å²) in [7, 11) is 1.63. The van der Waals surface area contributed by atoms with E-state index >= 15 is 0 Å². The van der Waals surface area contributed by atoms with Gasteiger partial charge in [-0.25, -0.2) is 0 Å². The Morgan fingerprint density at radius 2 is 2.19 bits per heavy atom. The smallest absolute Gasteiger partial charge is 0.122 e. The molecule has 0 amide bonds. The highest BCUT2D eigenvalue weighted by atomic mass is 79.9. The van der Waals surface area contributed by atoms with Crippen LogP contribution in [0.5, 0.6) is 5.75 Å². The zero-order valence-electron chi connectivity index (χ0n) is 9.66. The third-order valence-corrected chi connectivity index (χ3v) is 2.99. The molecule has 1 atom stereocenters. The summed E-state index contributed by atoms with van der Waals surface area (Å²) in [6.07, 6.45) is 1.11. The second-order valence-electron chi connectivity index (χ2n) is 4.17. The average molecular weight is 288 g/mol. The summed E-state index contributed by atoms with van der Waals surface area (Å²) in [6.45, 7) is 2.27. The lowest BCUT2D eigenvalue weighted by Crippen LogP contribution is -2.30. The summed E-state index contributed by atoms with van der Waals surface area (Å²) in [5.74, 6) is 0.792. The number of benzene rings is 1. The third kappa shape index (κ3) is 3.77. The number of nitrogens with two attached hydrogens (primary N) is 1. The molecule has 0 fully saturated rings. The van der Waals surface area contributed by atoms with Crippen LogP contribution in [-0.2, 0) is 6.42 Å². The van der Waals surface area contributed by atoms with E-state index in [1.54, 1.807) is 14.0 Å². The highest BCUT2D eigenvalue weighted by Gasteiger charge is 2.21. The van der Waals surface area contributed by atoms with E-state index in [0.29, 0.717) is 19.4 Å². The minimum absolute atomic E-state index is 0.476. The molecule has 0 aromatic heterocycles. The summed E-state index contributed by atoms with van der Waals surface area (Å²) < 4.78 is 6.24. The van der Waals surface area contributed by atoms with Crippen LogP contribution in [0.15, 0.2) is 22.7 Å². The van der Waals surface area contributed by atoms with E-state index in [1.807, 2.05) is 18.2 Å². The van der Waals surface area contributed by atoms with Crippen LogP contribution in [0, 0.1) is 0 Å².